The molecule has 0 bridgehead atoms. The van der Waals surface area contributed by atoms with Gasteiger partial charge in [0.1, 0.15) is 0 Å². The quantitative estimate of drug-likeness (QED) is 0.871. The largest absolute Gasteiger partial charge is 0.326 e. The first-order chi connectivity index (χ1) is 9.94. The van der Waals surface area contributed by atoms with Crippen molar-refractivity contribution in [2.45, 2.75) is 40.0 Å². The lowest BCUT2D eigenvalue weighted by atomic mass is 10.0. The molecule has 0 unspecified atom stereocenters. The normalized spacial score (nSPS) is 10.7. The Bertz CT molecular complexity index is 606. The average molecular weight is 281 g/mol. The molecule has 0 saturated heterocycles. The summed E-state index contributed by atoms with van der Waals surface area (Å²) in [5.41, 5.74) is 5.53. The molecule has 0 aliphatic heterocycles. The van der Waals surface area contributed by atoms with Gasteiger partial charge in [-0.05, 0) is 54.2 Å². The van der Waals surface area contributed by atoms with Gasteiger partial charge >= 0.3 is 0 Å². The smallest absolute Gasteiger partial charge is 0.228 e. The first-order valence-corrected chi connectivity index (χ1v) is 7.41. The second-order valence-electron chi connectivity index (χ2n) is 6.00. The molecule has 2 rings (SSSR count). The van der Waals surface area contributed by atoms with Crippen molar-refractivity contribution in [3.8, 4) is 0 Å². The Morgan fingerprint density at radius 1 is 1.00 bits per heavy atom. The van der Waals surface area contributed by atoms with Gasteiger partial charge in [0.15, 0.2) is 0 Å². The van der Waals surface area contributed by atoms with E-state index in [9.17, 15) is 4.79 Å². The molecule has 1 N–H and O–H groups in total. The molecule has 0 radical (unpaired) electrons. The Labute approximate surface area is 127 Å². The van der Waals surface area contributed by atoms with Crippen LogP contribution in [-0.4, -0.2) is 5.91 Å². The minimum atomic E-state index is 0.0253. The van der Waals surface area contributed by atoms with E-state index in [1.54, 1.807) is 0 Å². The van der Waals surface area contributed by atoms with Crippen LogP contribution < -0.4 is 5.32 Å². The van der Waals surface area contributed by atoms with Crippen LogP contribution in [0.4, 0.5) is 5.69 Å². The van der Waals surface area contributed by atoms with E-state index < -0.39 is 0 Å². The second-order valence-corrected chi connectivity index (χ2v) is 6.00. The van der Waals surface area contributed by atoms with E-state index in [4.69, 9.17) is 0 Å². The van der Waals surface area contributed by atoms with E-state index in [0.717, 1.165) is 22.4 Å². The minimum Gasteiger partial charge on any atom is -0.326 e. The zero-order valence-corrected chi connectivity index (χ0v) is 13.2. The number of carbonyl (C=O) groups is 1. The first-order valence-electron chi connectivity index (χ1n) is 7.41. The third-order valence-electron chi connectivity index (χ3n) is 3.52. The maximum Gasteiger partial charge on any atom is 0.228 e. The van der Waals surface area contributed by atoms with Crippen LogP contribution >= 0.6 is 0 Å². The highest BCUT2D eigenvalue weighted by molar-refractivity contribution is 5.92. The van der Waals surface area contributed by atoms with Gasteiger partial charge in [-0.15, -0.1) is 0 Å². The van der Waals surface area contributed by atoms with Gasteiger partial charge in [0, 0.05) is 5.69 Å². The molecule has 0 aromatic heterocycles. The van der Waals surface area contributed by atoms with Gasteiger partial charge in [-0.2, -0.15) is 0 Å². The maximum atomic E-state index is 12.1. The first kappa shape index (κ1) is 15.3. The molecule has 2 aromatic carbocycles. The van der Waals surface area contributed by atoms with Gasteiger partial charge in [0.25, 0.3) is 0 Å². The van der Waals surface area contributed by atoms with Crippen LogP contribution in [0.2, 0.25) is 0 Å². The zero-order chi connectivity index (χ0) is 15.4. The summed E-state index contributed by atoms with van der Waals surface area (Å²) in [6, 6.07) is 14.4. The molecule has 110 valence electrons. The third-order valence-corrected chi connectivity index (χ3v) is 3.52. The molecule has 2 heteroatoms. The van der Waals surface area contributed by atoms with Crippen molar-refractivity contribution < 1.29 is 4.79 Å². The fourth-order valence-electron chi connectivity index (χ4n) is 2.46. The Hall–Kier alpha value is -2.09. The van der Waals surface area contributed by atoms with Gasteiger partial charge in [0.2, 0.25) is 5.91 Å². The van der Waals surface area contributed by atoms with E-state index in [1.807, 2.05) is 38.1 Å². The fourth-order valence-corrected chi connectivity index (χ4v) is 2.46. The van der Waals surface area contributed by atoms with Crippen molar-refractivity contribution in [1.82, 2.24) is 0 Å². The SMILES string of the molecule is Cc1cc(C)cc(NC(=O)Cc2ccc(C(C)C)cc2)c1. The Balaban J connectivity index is 2.01. The Morgan fingerprint density at radius 2 is 1.57 bits per heavy atom. The Kier molecular flexibility index (Phi) is 4.79. The lowest BCUT2D eigenvalue weighted by Gasteiger charge is -2.09. The van der Waals surface area contributed by atoms with Crippen LogP contribution in [0.15, 0.2) is 42.5 Å². The van der Waals surface area contributed by atoms with Gasteiger partial charge in [-0.1, -0.05) is 44.2 Å². The molecular formula is C19H23NO. The molecule has 0 saturated carbocycles. The van der Waals surface area contributed by atoms with E-state index in [0.29, 0.717) is 12.3 Å². The average Bonchev–Trinajstić information content (AvgIpc) is 2.37. The lowest BCUT2D eigenvalue weighted by molar-refractivity contribution is -0.115. The summed E-state index contributed by atoms with van der Waals surface area (Å²) in [5.74, 6) is 0.542. The van der Waals surface area contributed by atoms with Crippen LogP contribution in [0.1, 0.15) is 42.0 Å². The molecule has 0 atom stereocenters. The van der Waals surface area contributed by atoms with Crippen molar-refractivity contribution in [3.05, 3.63) is 64.7 Å². The molecule has 0 spiro atoms. The third kappa shape index (κ3) is 4.45. The van der Waals surface area contributed by atoms with Crippen LogP contribution in [0.25, 0.3) is 0 Å². The van der Waals surface area contributed by atoms with Gasteiger partial charge in [-0.3, -0.25) is 4.79 Å². The van der Waals surface area contributed by atoms with Crippen molar-refractivity contribution in [2.24, 2.45) is 0 Å². The summed E-state index contributed by atoms with van der Waals surface area (Å²) < 4.78 is 0. The number of aryl methyl sites for hydroxylation is 2. The van der Waals surface area contributed by atoms with Crippen LogP contribution in [-0.2, 0) is 11.2 Å². The molecule has 0 aliphatic rings. The molecular weight excluding hydrogens is 258 g/mol. The number of amides is 1. The number of hydrogen-bond donors (Lipinski definition) is 1. The molecule has 1 amide bonds. The maximum absolute atomic E-state index is 12.1. The topological polar surface area (TPSA) is 29.1 Å². The van der Waals surface area contributed by atoms with Crippen LogP contribution in [0.3, 0.4) is 0 Å². The monoisotopic (exact) mass is 281 g/mol. The minimum absolute atomic E-state index is 0.0253. The van der Waals surface area contributed by atoms with Crippen molar-refractivity contribution in [2.75, 3.05) is 5.32 Å². The molecule has 2 aromatic rings. The summed E-state index contributed by atoms with van der Waals surface area (Å²) in [6.07, 6.45) is 0.408. The highest BCUT2D eigenvalue weighted by Gasteiger charge is 2.06. The predicted molar refractivity (Wildman–Crippen MR) is 88.8 cm³/mol. The van der Waals surface area contributed by atoms with Gasteiger partial charge < -0.3 is 5.32 Å². The summed E-state index contributed by atoms with van der Waals surface area (Å²) in [4.78, 5) is 12.1. The summed E-state index contributed by atoms with van der Waals surface area (Å²) in [7, 11) is 0. The number of carbonyl (C=O) groups excluding carboxylic acids is 1. The van der Waals surface area contributed by atoms with Gasteiger partial charge in [-0.25, -0.2) is 0 Å². The molecule has 0 heterocycles. The predicted octanol–water partition coefficient (Wildman–Crippen LogP) is 4.61. The van der Waals surface area contributed by atoms with Crippen LogP contribution in [0, 0.1) is 13.8 Å². The van der Waals surface area contributed by atoms with E-state index in [-0.39, 0.29) is 5.91 Å². The van der Waals surface area contributed by atoms with E-state index >= 15 is 0 Å². The van der Waals surface area contributed by atoms with E-state index in [1.165, 1.54) is 5.56 Å². The number of nitrogens with one attached hydrogen (secondary N) is 1. The standard InChI is InChI=1S/C19H23NO/c1-13(2)17-7-5-16(6-8-17)12-19(21)20-18-10-14(3)9-15(4)11-18/h5-11,13H,12H2,1-4H3,(H,20,21). The van der Waals surface area contributed by atoms with Crippen LogP contribution in [0.5, 0.6) is 0 Å². The van der Waals surface area contributed by atoms with Crippen molar-refractivity contribution in [3.63, 3.8) is 0 Å². The highest BCUT2D eigenvalue weighted by Crippen LogP contribution is 2.16. The summed E-state index contributed by atoms with van der Waals surface area (Å²) in [5, 5.41) is 2.97. The summed E-state index contributed by atoms with van der Waals surface area (Å²) in [6.45, 7) is 8.41. The number of anilines is 1. The number of benzene rings is 2. The molecule has 21 heavy (non-hydrogen) atoms. The highest BCUT2D eigenvalue weighted by atomic mass is 16.1. The fraction of sp³-hybridized carbons (Fsp3) is 0.316. The number of rotatable bonds is 4. The lowest BCUT2D eigenvalue weighted by Crippen LogP contribution is -2.14. The Morgan fingerprint density at radius 3 is 2.10 bits per heavy atom. The zero-order valence-electron chi connectivity index (χ0n) is 13.2. The molecule has 0 fully saturated rings. The van der Waals surface area contributed by atoms with Crippen molar-refractivity contribution >= 4 is 11.6 Å². The second kappa shape index (κ2) is 6.57. The number of hydrogen-bond acceptors (Lipinski definition) is 1. The van der Waals surface area contributed by atoms with Gasteiger partial charge in [0.05, 0.1) is 6.42 Å². The van der Waals surface area contributed by atoms with E-state index in [2.05, 4.69) is 37.4 Å². The molecule has 2 nitrogen and oxygen atoms in total. The summed E-state index contributed by atoms with van der Waals surface area (Å²) >= 11 is 0. The molecule has 0 aliphatic carbocycles. The van der Waals surface area contributed by atoms with Crippen molar-refractivity contribution in [1.29, 1.82) is 0 Å².